The summed E-state index contributed by atoms with van der Waals surface area (Å²) in [7, 11) is 0. The lowest BCUT2D eigenvalue weighted by molar-refractivity contribution is -0.118. The molecule has 0 aliphatic carbocycles. The maximum absolute atomic E-state index is 11.1. The summed E-state index contributed by atoms with van der Waals surface area (Å²) in [6.45, 7) is 1.19. The minimum absolute atomic E-state index is 0.0394. The third-order valence-corrected chi connectivity index (χ3v) is 1.45. The van der Waals surface area contributed by atoms with Crippen LogP contribution in [0.1, 0.15) is 27.9 Å². The van der Waals surface area contributed by atoms with Crippen molar-refractivity contribution in [1.82, 2.24) is 10.3 Å². The Morgan fingerprint density at radius 1 is 1.29 bits per heavy atom. The average Bonchev–Trinajstić information content (AvgIpc) is 2.50. The average molecular weight is 196 g/mol. The van der Waals surface area contributed by atoms with Crippen molar-refractivity contribution in [2.24, 2.45) is 0 Å². The molecule has 0 unspecified atom stereocenters. The lowest BCUT2D eigenvalue weighted by Crippen LogP contribution is -2.28. The van der Waals surface area contributed by atoms with Crippen molar-refractivity contribution in [3.05, 3.63) is 23.5 Å². The first-order chi connectivity index (χ1) is 6.50. The molecule has 0 fully saturated rings. The van der Waals surface area contributed by atoms with Crippen molar-refractivity contribution >= 4 is 17.8 Å². The Labute approximate surface area is 78.9 Å². The Morgan fingerprint density at radius 2 is 1.86 bits per heavy atom. The first kappa shape index (κ1) is 9.97. The summed E-state index contributed by atoms with van der Waals surface area (Å²) in [6.07, 6.45) is 0. The molecular weight excluding hydrogens is 188 g/mol. The van der Waals surface area contributed by atoms with Gasteiger partial charge in [0.25, 0.3) is 5.91 Å². The number of carbonyl (C=O) groups is 3. The fraction of sp³-hybridized carbons (Fsp3) is 0.125. The molecule has 6 heteroatoms. The minimum Gasteiger partial charge on any atom is -0.477 e. The van der Waals surface area contributed by atoms with Crippen LogP contribution in [-0.4, -0.2) is 27.9 Å². The van der Waals surface area contributed by atoms with Gasteiger partial charge in [-0.2, -0.15) is 0 Å². The van der Waals surface area contributed by atoms with E-state index in [2.05, 4.69) is 4.98 Å². The van der Waals surface area contributed by atoms with Gasteiger partial charge in [0.05, 0.1) is 0 Å². The predicted octanol–water partition coefficient (Wildman–Crippen LogP) is -0.0108. The highest BCUT2D eigenvalue weighted by Gasteiger charge is 2.12. The van der Waals surface area contributed by atoms with Gasteiger partial charge in [-0.25, -0.2) is 4.79 Å². The van der Waals surface area contributed by atoms with Crippen LogP contribution in [0.15, 0.2) is 12.1 Å². The van der Waals surface area contributed by atoms with Crippen molar-refractivity contribution in [3.63, 3.8) is 0 Å². The Kier molecular flexibility index (Phi) is 2.66. The molecule has 0 bridgehead atoms. The fourth-order valence-corrected chi connectivity index (χ4v) is 0.880. The Hall–Kier alpha value is -2.11. The summed E-state index contributed by atoms with van der Waals surface area (Å²) in [6, 6.07) is 2.54. The van der Waals surface area contributed by atoms with Gasteiger partial charge in [0.1, 0.15) is 11.4 Å². The number of rotatable bonds is 2. The third-order valence-electron chi connectivity index (χ3n) is 1.45. The molecule has 2 amide bonds. The van der Waals surface area contributed by atoms with Gasteiger partial charge in [-0.3, -0.25) is 14.9 Å². The highest BCUT2D eigenvalue weighted by atomic mass is 16.4. The summed E-state index contributed by atoms with van der Waals surface area (Å²) in [5.41, 5.74) is -0.0590. The van der Waals surface area contributed by atoms with E-state index in [0.29, 0.717) is 0 Å². The number of H-pyrrole nitrogens is 1. The summed E-state index contributed by atoms with van der Waals surface area (Å²) >= 11 is 0. The van der Waals surface area contributed by atoms with E-state index < -0.39 is 17.8 Å². The lowest BCUT2D eigenvalue weighted by atomic mass is 10.4. The molecule has 6 nitrogen and oxygen atoms in total. The SMILES string of the molecule is CC(=O)NC(=O)c1ccc(C(=O)O)[nH]1. The molecule has 0 radical (unpaired) electrons. The molecule has 1 aromatic rings. The molecule has 0 saturated carbocycles. The Morgan fingerprint density at radius 3 is 2.29 bits per heavy atom. The van der Waals surface area contributed by atoms with Crippen LogP contribution in [0.25, 0.3) is 0 Å². The van der Waals surface area contributed by atoms with E-state index in [9.17, 15) is 14.4 Å². The Bertz CT molecular complexity index is 394. The highest BCUT2D eigenvalue weighted by Crippen LogP contribution is 2.01. The van der Waals surface area contributed by atoms with Gasteiger partial charge in [-0.05, 0) is 12.1 Å². The standard InChI is InChI=1S/C8H8N2O4/c1-4(11)9-7(12)5-2-3-6(10-5)8(13)14/h2-3,10H,1H3,(H,13,14)(H,9,11,12). The molecule has 0 aliphatic rings. The molecular formula is C8H8N2O4. The number of imide groups is 1. The van der Waals surface area contributed by atoms with E-state index in [1.807, 2.05) is 5.32 Å². The van der Waals surface area contributed by atoms with Gasteiger partial charge in [0.2, 0.25) is 5.91 Å². The second-order valence-corrected chi connectivity index (χ2v) is 2.60. The normalized spacial score (nSPS) is 9.50. The van der Waals surface area contributed by atoms with Crippen LogP contribution in [0.3, 0.4) is 0 Å². The van der Waals surface area contributed by atoms with Crippen LogP contribution in [0.4, 0.5) is 0 Å². The van der Waals surface area contributed by atoms with E-state index >= 15 is 0 Å². The lowest BCUT2D eigenvalue weighted by Gasteiger charge is -1.96. The number of nitrogens with one attached hydrogen (secondary N) is 2. The molecule has 1 aromatic heterocycles. The van der Waals surface area contributed by atoms with Crippen molar-refractivity contribution in [1.29, 1.82) is 0 Å². The van der Waals surface area contributed by atoms with E-state index in [4.69, 9.17) is 5.11 Å². The quantitative estimate of drug-likeness (QED) is 0.619. The third kappa shape index (κ3) is 2.19. The van der Waals surface area contributed by atoms with Crippen molar-refractivity contribution in [3.8, 4) is 0 Å². The molecule has 0 aliphatic heterocycles. The second-order valence-electron chi connectivity index (χ2n) is 2.60. The topological polar surface area (TPSA) is 99.3 Å². The largest absolute Gasteiger partial charge is 0.477 e. The zero-order valence-corrected chi connectivity index (χ0v) is 7.33. The zero-order valence-electron chi connectivity index (χ0n) is 7.33. The number of hydrogen-bond donors (Lipinski definition) is 3. The van der Waals surface area contributed by atoms with Crippen LogP contribution < -0.4 is 5.32 Å². The zero-order chi connectivity index (χ0) is 10.7. The maximum atomic E-state index is 11.1. The monoisotopic (exact) mass is 196 g/mol. The molecule has 0 aromatic carbocycles. The number of aromatic carboxylic acids is 1. The second kappa shape index (κ2) is 3.73. The van der Waals surface area contributed by atoms with Gasteiger partial charge < -0.3 is 10.1 Å². The van der Waals surface area contributed by atoms with Crippen LogP contribution >= 0.6 is 0 Å². The van der Waals surface area contributed by atoms with Gasteiger partial charge in [-0.15, -0.1) is 0 Å². The number of hydrogen-bond acceptors (Lipinski definition) is 3. The molecule has 1 rings (SSSR count). The summed E-state index contributed by atoms with van der Waals surface area (Å²) in [4.78, 5) is 34.4. The summed E-state index contributed by atoms with van der Waals surface area (Å²) < 4.78 is 0. The molecule has 74 valence electrons. The van der Waals surface area contributed by atoms with Crippen LogP contribution in [-0.2, 0) is 4.79 Å². The predicted molar refractivity (Wildman–Crippen MR) is 45.9 cm³/mol. The number of aromatic amines is 1. The van der Waals surface area contributed by atoms with Crippen LogP contribution in [0.5, 0.6) is 0 Å². The summed E-state index contributed by atoms with van der Waals surface area (Å²) in [5, 5.41) is 10.5. The first-order valence-corrected chi connectivity index (χ1v) is 3.75. The minimum atomic E-state index is -1.16. The first-order valence-electron chi connectivity index (χ1n) is 3.75. The smallest absolute Gasteiger partial charge is 0.352 e. The van der Waals surface area contributed by atoms with Gasteiger partial charge in [0.15, 0.2) is 0 Å². The molecule has 14 heavy (non-hydrogen) atoms. The van der Waals surface area contributed by atoms with Crippen molar-refractivity contribution in [2.45, 2.75) is 6.92 Å². The van der Waals surface area contributed by atoms with Gasteiger partial charge in [-0.1, -0.05) is 0 Å². The Balaban J connectivity index is 2.81. The number of amides is 2. The van der Waals surface area contributed by atoms with E-state index in [0.717, 1.165) is 0 Å². The number of carbonyl (C=O) groups excluding carboxylic acids is 2. The van der Waals surface area contributed by atoms with Crippen LogP contribution in [0.2, 0.25) is 0 Å². The van der Waals surface area contributed by atoms with E-state index in [-0.39, 0.29) is 11.4 Å². The van der Waals surface area contributed by atoms with Gasteiger partial charge in [0, 0.05) is 6.92 Å². The molecule has 0 spiro atoms. The summed E-state index contributed by atoms with van der Waals surface area (Å²) in [5.74, 6) is -2.31. The van der Waals surface area contributed by atoms with Crippen LogP contribution in [0, 0.1) is 0 Å². The van der Waals surface area contributed by atoms with Gasteiger partial charge >= 0.3 is 5.97 Å². The van der Waals surface area contributed by atoms with Crippen molar-refractivity contribution in [2.75, 3.05) is 0 Å². The fourth-order valence-electron chi connectivity index (χ4n) is 0.880. The number of aromatic nitrogens is 1. The number of carboxylic acid groups (broad SMARTS) is 1. The highest BCUT2D eigenvalue weighted by molar-refractivity contribution is 6.03. The maximum Gasteiger partial charge on any atom is 0.352 e. The molecule has 0 atom stereocenters. The van der Waals surface area contributed by atoms with Crippen molar-refractivity contribution < 1.29 is 19.5 Å². The molecule has 3 N–H and O–H groups in total. The molecule has 1 heterocycles. The number of carboxylic acids is 1. The molecule has 0 saturated heterocycles. The van der Waals surface area contributed by atoms with E-state index in [1.165, 1.54) is 19.1 Å². The van der Waals surface area contributed by atoms with E-state index in [1.54, 1.807) is 0 Å².